The molecular weight excluding hydrogens is 307 g/mol. The lowest BCUT2D eigenvalue weighted by Crippen LogP contribution is -2.26. The van der Waals surface area contributed by atoms with E-state index in [0.29, 0.717) is 11.3 Å². The molecule has 0 amide bonds. The number of hydrogen-bond donors (Lipinski definition) is 1. The maximum absolute atomic E-state index is 13.2. The van der Waals surface area contributed by atoms with E-state index < -0.39 is 19.2 Å². The maximum Gasteiger partial charge on any atom is 0.344 e. The molecule has 1 heterocycles. The molecule has 6 nitrogen and oxygen atoms in total. The molecule has 0 aromatic heterocycles. The van der Waals surface area contributed by atoms with Gasteiger partial charge in [-0.15, -0.1) is 0 Å². The second-order valence-corrected chi connectivity index (χ2v) is 6.82. The minimum Gasteiger partial charge on any atom is -0.512 e. The van der Waals surface area contributed by atoms with Gasteiger partial charge in [0.15, 0.2) is 0 Å². The van der Waals surface area contributed by atoms with Crippen LogP contribution in [0.1, 0.15) is 32.0 Å². The van der Waals surface area contributed by atoms with Gasteiger partial charge in [-0.05, 0) is 26.8 Å². The predicted molar refractivity (Wildman–Crippen MR) is 81.0 cm³/mol. The smallest absolute Gasteiger partial charge is 0.344 e. The molecular formula is C15H19O6P. The van der Waals surface area contributed by atoms with Gasteiger partial charge in [-0.25, -0.2) is 4.79 Å². The lowest BCUT2D eigenvalue weighted by Gasteiger charge is -2.32. The SMILES string of the molecule is CCOP(=O)(OCC)[C@H]1/C(=C(/C)O)C(=O)Oc2ccccc21. The van der Waals surface area contributed by atoms with Crippen LogP contribution in [0.3, 0.4) is 0 Å². The molecule has 1 aliphatic heterocycles. The fourth-order valence-electron chi connectivity index (χ4n) is 2.44. The second kappa shape index (κ2) is 6.65. The molecule has 0 spiro atoms. The van der Waals surface area contributed by atoms with Crippen LogP contribution >= 0.6 is 7.60 Å². The lowest BCUT2D eigenvalue weighted by molar-refractivity contribution is -0.131. The largest absolute Gasteiger partial charge is 0.512 e. The van der Waals surface area contributed by atoms with Gasteiger partial charge in [0.2, 0.25) is 0 Å². The van der Waals surface area contributed by atoms with Crippen LogP contribution in [0.2, 0.25) is 0 Å². The Labute approximate surface area is 129 Å². The van der Waals surface area contributed by atoms with E-state index in [1.807, 2.05) is 0 Å². The van der Waals surface area contributed by atoms with E-state index in [1.165, 1.54) is 6.92 Å². The van der Waals surface area contributed by atoms with Crippen LogP contribution in [0, 0.1) is 0 Å². The van der Waals surface area contributed by atoms with Crippen molar-refractivity contribution in [2.45, 2.75) is 26.4 Å². The number of allylic oxidation sites excluding steroid dienone is 1. The van der Waals surface area contributed by atoms with Gasteiger partial charge in [-0.1, -0.05) is 18.2 Å². The Kier molecular flexibility index (Phi) is 5.06. The molecule has 0 saturated carbocycles. The average molecular weight is 326 g/mol. The first-order chi connectivity index (χ1) is 10.4. The highest BCUT2D eigenvalue weighted by Crippen LogP contribution is 2.66. The van der Waals surface area contributed by atoms with Crippen molar-refractivity contribution >= 4 is 13.6 Å². The van der Waals surface area contributed by atoms with E-state index in [4.69, 9.17) is 13.8 Å². The van der Waals surface area contributed by atoms with Crippen molar-refractivity contribution in [3.05, 3.63) is 41.2 Å². The first-order valence-corrected chi connectivity index (χ1v) is 8.65. The number of para-hydroxylation sites is 1. The molecule has 2 rings (SSSR count). The number of aliphatic hydroxyl groups is 1. The Morgan fingerprint density at radius 3 is 2.41 bits per heavy atom. The van der Waals surface area contributed by atoms with Crippen molar-refractivity contribution in [3.8, 4) is 5.75 Å². The van der Waals surface area contributed by atoms with Crippen LogP contribution in [0.5, 0.6) is 5.75 Å². The van der Waals surface area contributed by atoms with Crippen LogP contribution in [0.15, 0.2) is 35.6 Å². The van der Waals surface area contributed by atoms with Crippen molar-refractivity contribution in [2.24, 2.45) is 0 Å². The minimum atomic E-state index is -3.69. The summed E-state index contributed by atoms with van der Waals surface area (Å²) in [4.78, 5) is 12.2. The van der Waals surface area contributed by atoms with Gasteiger partial charge in [-0.3, -0.25) is 4.57 Å². The van der Waals surface area contributed by atoms with Crippen molar-refractivity contribution in [1.29, 1.82) is 0 Å². The van der Waals surface area contributed by atoms with Crippen molar-refractivity contribution in [2.75, 3.05) is 13.2 Å². The van der Waals surface area contributed by atoms with E-state index in [1.54, 1.807) is 38.1 Å². The molecule has 0 bridgehead atoms. The van der Waals surface area contributed by atoms with E-state index in [-0.39, 0.29) is 24.5 Å². The van der Waals surface area contributed by atoms with Crippen molar-refractivity contribution < 1.29 is 28.3 Å². The summed E-state index contributed by atoms with van der Waals surface area (Å²) in [7, 11) is -3.69. The van der Waals surface area contributed by atoms with Gasteiger partial charge < -0.3 is 18.9 Å². The summed E-state index contributed by atoms with van der Waals surface area (Å²) in [6.07, 6.45) is 0. The summed E-state index contributed by atoms with van der Waals surface area (Å²) in [5.41, 5.74) is -0.602. The van der Waals surface area contributed by atoms with Gasteiger partial charge in [0.25, 0.3) is 0 Å². The Balaban J connectivity index is 2.68. The summed E-state index contributed by atoms with van der Waals surface area (Å²) < 4.78 is 29.1. The van der Waals surface area contributed by atoms with Gasteiger partial charge in [0.05, 0.1) is 18.8 Å². The Morgan fingerprint density at radius 1 is 1.27 bits per heavy atom. The highest BCUT2D eigenvalue weighted by molar-refractivity contribution is 7.54. The number of hydrogen-bond acceptors (Lipinski definition) is 6. The van der Waals surface area contributed by atoms with Gasteiger partial charge in [0, 0.05) is 5.56 Å². The molecule has 0 unspecified atom stereocenters. The summed E-state index contributed by atoms with van der Waals surface area (Å²) in [6.45, 7) is 5.03. The van der Waals surface area contributed by atoms with E-state index in [0.717, 1.165) is 0 Å². The zero-order valence-corrected chi connectivity index (χ0v) is 13.6. The van der Waals surface area contributed by atoms with Crippen molar-refractivity contribution in [3.63, 3.8) is 0 Å². The summed E-state index contributed by atoms with van der Waals surface area (Å²) in [5, 5.41) is 9.89. The maximum atomic E-state index is 13.2. The van der Waals surface area contributed by atoms with Crippen LogP contribution in [-0.4, -0.2) is 24.3 Å². The number of carbonyl (C=O) groups is 1. The highest BCUT2D eigenvalue weighted by atomic mass is 31.2. The summed E-state index contributed by atoms with van der Waals surface area (Å²) in [6, 6.07) is 6.72. The van der Waals surface area contributed by atoms with Crippen LogP contribution in [0.25, 0.3) is 0 Å². The first kappa shape index (κ1) is 16.7. The Hall–Kier alpha value is -1.62. The molecule has 1 aliphatic rings. The third-order valence-corrected chi connectivity index (χ3v) is 5.64. The molecule has 1 aromatic carbocycles. The number of benzene rings is 1. The lowest BCUT2D eigenvalue weighted by atomic mass is 10.00. The van der Waals surface area contributed by atoms with Gasteiger partial charge >= 0.3 is 13.6 Å². The second-order valence-electron chi connectivity index (χ2n) is 4.70. The fourth-order valence-corrected chi connectivity index (χ4v) is 4.70. The molecule has 22 heavy (non-hydrogen) atoms. The average Bonchev–Trinajstić information content (AvgIpc) is 2.45. The number of aliphatic hydroxyl groups excluding tert-OH is 1. The van der Waals surface area contributed by atoms with Crippen molar-refractivity contribution in [1.82, 2.24) is 0 Å². The molecule has 0 fully saturated rings. The zero-order chi connectivity index (χ0) is 16.3. The third-order valence-electron chi connectivity index (χ3n) is 3.23. The molecule has 1 aromatic rings. The van der Waals surface area contributed by atoms with Gasteiger partial charge in [-0.2, -0.15) is 0 Å². The number of fused-ring (bicyclic) bond motifs is 1. The normalized spacial score (nSPS) is 20.3. The monoisotopic (exact) mass is 326 g/mol. The molecule has 7 heteroatoms. The fraction of sp³-hybridized carbons (Fsp3) is 0.400. The standard InChI is InChI=1S/C15H19O6P/c1-4-19-22(18,20-5-2)14-11-8-6-7-9-12(11)21-15(17)13(14)10(3)16/h6-9,14,16H,4-5H2,1-3H3/b13-10+/t14-/m1/s1. The molecule has 1 N–H and O–H groups in total. The predicted octanol–water partition coefficient (Wildman–Crippen LogP) is 3.74. The Bertz CT molecular complexity index is 637. The number of ether oxygens (including phenoxy) is 1. The molecule has 0 radical (unpaired) electrons. The summed E-state index contributed by atoms with van der Waals surface area (Å²) in [5.74, 6) is -0.713. The summed E-state index contributed by atoms with van der Waals surface area (Å²) >= 11 is 0. The molecule has 120 valence electrons. The van der Waals surface area contributed by atoms with E-state index in [2.05, 4.69) is 0 Å². The van der Waals surface area contributed by atoms with Crippen LogP contribution in [0.4, 0.5) is 0 Å². The van der Waals surface area contributed by atoms with Crippen LogP contribution < -0.4 is 4.74 Å². The van der Waals surface area contributed by atoms with E-state index >= 15 is 0 Å². The van der Waals surface area contributed by atoms with Crippen LogP contribution in [-0.2, 0) is 18.4 Å². The topological polar surface area (TPSA) is 82.1 Å². The molecule has 0 saturated heterocycles. The Morgan fingerprint density at radius 2 is 1.86 bits per heavy atom. The minimum absolute atomic E-state index is 0.0936. The number of rotatable bonds is 5. The quantitative estimate of drug-likeness (QED) is 0.292. The van der Waals surface area contributed by atoms with Gasteiger partial charge in [0.1, 0.15) is 17.2 Å². The number of carbonyl (C=O) groups excluding carboxylic acids is 1. The van der Waals surface area contributed by atoms with E-state index in [9.17, 15) is 14.5 Å². The molecule has 0 aliphatic carbocycles. The zero-order valence-electron chi connectivity index (χ0n) is 12.7. The number of esters is 1. The first-order valence-electron chi connectivity index (χ1n) is 7.04. The molecule has 1 atom stereocenters. The highest BCUT2D eigenvalue weighted by Gasteiger charge is 2.47. The third kappa shape index (κ3) is 2.95.